The molecular weight excluding hydrogens is 332 g/mol. The maximum atomic E-state index is 12.2. The molecule has 8 nitrogen and oxygen atoms in total. The third-order valence-electron chi connectivity index (χ3n) is 3.83. The number of rotatable bonds is 3. The number of aromatic hydroxyl groups is 2. The van der Waals surface area contributed by atoms with E-state index in [1.807, 2.05) is 0 Å². The second-order valence-electron chi connectivity index (χ2n) is 5.61. The van der Waals surface area contributed by atoms with Gasteiger partial charge >= 0.3 is 11.6 Å². The van der Waals surface area contributed by atoms with Crippen molar-refractivity contribution in [1.82, 2.24) is 0 Å². The molecule has 0 bridgehead atoms. The van der Waals surface area contributed by atoms with Crippen LogP contribution in [0.5, 0.6) is 23.0 Å². The highest BCUT2D eigenvalue weighted by Gasteiger charge is 2.39. The molecule has 0 aliphatic carbocycles. The number of aryl methyl sites for hydroxylation is 1. The van der Waals surface area contributed by atoms with Gasteiger partial charge in [0.1, 0.15) is 23.2 Å². The number of hydrogen-bond donors (Lipinski definition) is 2. The first-order valence-electron chi connectivity index (χ1n) is 7.44. The number of methoxy groups -OCH3 is 1. The average Bonchev–Trinajstić information content (AvgIpc) is 2.50. The lowest BCUT2D eigenvalue weighted by Gasteiger charge is -2.31. The van der Waals surface area contributed by atoms with E-state index in [1.165, 1.54) is 19.2 Å². The van der Waals surface area contributed by atoms with Crippen LogP contribution in [0.15, 0.2) is 27.4 Å². The Bertz CT molecular complexity index is 898. The Morgan fingerprint density at radius 2 is 1.88 bits per heavy atom. The van der Waals surface area contributed by atoms with Crippen molar-refractivity contribution in [3.8, 4) is 23.0 Å². The zero-order valence-corrected chi connectivity index (χ0v) is 13.7. The number of benzene rings is 1. The first-order chi connectivity index (χ1) is 11.8. The standard InChI is InChI=1S/C17H16O8/c1-7-4-9(5-12(19)23-7)25-15-8(2)24-17(21)13-10(15)6-11(18)16(22-3)14(13)20/h4-6,8,15,18,20H,1-3H3/t8-,15-/m1/s1. The molecule has 3 rings (SSSR count). The Hall–Kier alpha value is -3.16. The molecule has 2 N–H and O–H groups in total. The smallest absolute Gasteiger partial charge is 0.342 e. The van der Waals surface area contributed by atoms with Gasteiger partial charge in [-0.25, -0.2) is 9.59 Å². The summed E-state index contributed by atoms with van der Waals surface area (Å²) in [4.78, 5) is 23.7. The summed E-state index contributed by atoms with van der Waals surface area (Å²) in [5.41, 5.74) is -0.515. The molecule has 0 amide bonds. The monoisotopic (exact) mass is 348 g/mol. The Labute approximate surface area is 142 Å². The summed E-state index contributed by atoms with van der Waals surface area (Å²) in [7, 11) is 1.25. The number of hydrogen-bond acceptors (Lipinski definition) is 8. The minimum absolute atomic E-state index is 0.155. The van der Waals surface area contributed by atoms with E-state index in [4.69, 9.17) is 18.6 Å². The first-order valence-corrected chi connectivity index (χ1v) is 7.44. The summed E-state index contributed by atoms with van der Waals surface area (Å²) in [6.45, 7) is 3.19. The van der Waals surface area contributed by atoms with Crippen molar-refractivity contribution in [3.63, 3.8) is 0 Å². The van der Waals surface area contributed by atoms with E-state index in [-0.39, 0.29) is 28.4 Å². The first kappa shape index (κ1) is 16.7. The third-order valence-corrected chi connectivity index (χ3v) is 3.83. The Morgan fingerprint density at radius 3 is 2.52 bits per heavy atom. The van der Waals surface area contributed by atoms with Gasteiger partial charge in [-0.05, 0) is 19.9 Å². The van der Waals surface area contributed by atoms with Gasteiger partial charge in [-0.1, -0.05) is 0 Å². The van der Waals surface area contributed by atoms with Crippen LogP contribution in [0.4, 0.5) is 0 Å². The summed E-state index contributed by atoms with van der Waals surface area (Å²) >= 11 is 0. The summed E-state index contributed by atoms with van der Waals surface area (Å²) in [6, 6.07) is 3.93. The molecule has 1 aromatic heterocycles. The van der Waals surface area contributed by atoms with Crippen LogP contribution in [0.3, 0.4) is 0 Å². The van der Waals surface area contributed by atoms with Crippen LogP contribution >= 0.6 is 0 Å². The van der Waals surface area contributed by atoms with Gasteiger partial charge in [-0.15, -0.1) is 0 Å². The molecule has 0 fully saturated rings. The number of cyclic esters (lactones) is 1. The van der Waals surface area contributed by atoms with Crippen LogP contribution < -0.4 is 15.1 Å². The van der Waals surface area contributed by atoms with Crippen molar-refractivity contribution >= 4 is 5.97 Å². The van der Waals surface area contributed by atoms with Gasteiger partial charge in [0.15, 0.2) is 17.6 Å². The van der Waals surface area contributed by atoms with Gasteiger partial charge in [-0.3, -0.25) is 0 Å². The minimum Gasteiger partial charge on any atom is -0.504 e. The quantitative estimate of drug-likeness (QED) is 0.810. The van der Waals surface area contributed by atoms with Crippen LogP contribution in [0.2, 0.25) is 0 Å². The summed E-state index contributed by atoms with van der Waals surface area (Å²) in [5, 5.41) is 20.3. The number of fused-ring (bicyclic) bond motifs is 1. The van der Waals surface area contributed by atoms with Crippen molar-refractivity contribution in [1.29, 1.82) is 0 Å². The van der Waals surface area contributed by atoms with Gasteiger partial charge in [0.05, 0.1) is 13.2 Å². The van der Waals surface area contributed by atoms with Crippen LogP contribution in [-0.4, -0.2) is 29.4 Å². The van der Waals surface area contributed by atoms with E-state index >= 15 is 0 Å². The lowest BCUT2D eigenvalue weighted by atomic mass is 9.94. The van der Waals surface area contributed by atoms with Gasteiger partial charge in [0, 0.05) is 11.6 Å². The van der Waals surface area contributed by atoms with Gasteiger partial charge in [0.25, 0.3) is 0 Å². The average molecular weight is 348 g/mol. The molecule has 1 aliphatic heterocycles. The second-order valence-corrected chi connectivity index (χ2v) is 5.61. The molecule has 0 saturated carbocycles. The number of phenolic OH excluding ortho intramolecular Hbond substituents is 2. The fourth-order valence-electron chi connectivity index (χ4n) is 2.79. The summed E-state index contributed by atoms with van der Waals surface area (Å²) in [5.74, 6) is -1.32. The van der Waals surface area contributed by atoms with Gasteiger partial charge in [0.2, 0.25) is 5.75 Å². The van der Waals surface area contributed by atoms with E-state index in [0.717, 1.165) is 6.07 Å². The highest BCUT2D eigenvalue weighted by Crippen LogP contribution is 2.46. The number of carbonyl (C=O) groups excluding carboxylic acids is 1. The molecule has 2 aromatic rings. The molecule has 0 unspecified atom stereocenters. The molecule has 2 heterocycles. The van der Waals surface area contributed by atoms with Crippen LogP contribution in [0.1, 0.15) is 34.7 Å². The normalized spacial score (nSPS) is 19.1. The van der Waals surface area contributed by atoms with Crippen LogP contribution in [0, 0.1) is 6.92 Å². The zero-order chi connectivity index (χ0) is 18.3. The number of carbonyl (C=O) groups is 1. The minimum atomic E-state index is -0.850. The van der Waals surface area contributed by atoms with Crippen LogP contribution in [-0.2, 0) is 4.74 Å². The fraction of sp³-hybridized carbons (Fsp3) is 0.294. The molecule has 132 valence electrons. The topological polar surface area (TPSA) is 115 Å². The van der Waals surface area contributed by atoms with E-state index in [9.17, 15) is 19.8 Å². The predicted octanol–water partition coefficient (Wildman–Crippen LogP) is 2.05. The lowest BCUT2D eigenvalue weighted by molar-refractivity contribution is -0.0131. The molecule has 1 aliphatic rings. The third kappa shape index (κ3) is 2.86. The Balaban J connectivity index is 2.11. The molecule has 0 spiro atoms. The van der Waals surface area contributed by atoms with Gasteiger partial charge < -0.3 is 28.8 Å². The Morgan fingerprint density at radius 1 is 1.16 bits per heavy atom. The lowest BCUT2D eigenvalue weighted by Crippen LogP contribution is -2.33. The molecule has 1 aromatic carbocycles. The molecule has 2 atom stereocenters. The van der Waals surface area contributed by atoms with Crippen molar-refractivity contribution in [2.75, 3.05) is 7.11 Å². The molecule has 8 heteroatoms. The van der Waals surface area contributed by atoms with Crippen molar-refractivity contribution in [2.24, 2.45) is 0 Å². The highest BCUT2D eigenvalue weighted by molar-refractivity contribution is 5.97. The zero-order valence-electron chi connectivity index (χ0n) is 13.7. The van der Waals surface area contributed by atoms with Crippen LogP contribution in [0.25, 0.3) is 0 Å². The van der Waals surface area contributed by atoms with Gasteiger partial charge in [-0.2, -0.15) is 0 Å². The molecule has 25 heavy (non-hydrogen) atoms. The molecule has 0 radical (unpaired) electrons. The van der Waals surface area contributed by atoms with E-state index in [1.54, 1.807) is 13.8 Å². The highest BCUT2D eigenvalue weighted by atomic mass is 16.6. The SMILES string of the molecule is COc1c(O)cc2c(c1O)C(=O)O[C@H](C)[C@H]2Oc1cc(C)oc(=O)c1. The van der Waals surface area contributed by atoms with Crippen molar-refractivity contribution < 1.29 is 33.6 Å². The maximum absolute atomic E-state index is 12.2. The number of esters is 1. The summed E-state index contributed by atoms with van der Waals surface area (Å²) in [6.07, 6.45) is -1.57. The van der Waals surface area contributed by atoms with E-state index in [0.29, 0.717) is 5.76 Å². The predicted molar refractivity (Wildman–Crippen MR) is 84.3 cm³/mol. The largest absolute Gasteiger partial charge is 0.504 e. The fourth-order valence-corrected chi connectivity index (χ4v) is 2.79. The van der Waals surface area contributed by atoms with E-state index in [2.05, 4.69) is 0 Å². The maximum Gasteiger partial charge on any atom is 0.342 e. The van der Waals surface area contributed by atoms with E-state index < -0.39 is 29.6 Å². The number of ether oxygens (including phenoxy) is 3. The van der Waals surface area contributed by atoms with Crippen molar-refractivity contribution in [3.05, 3.63) is 45.5 Å². The number of phenols is 2. The summed E-state index contributed by atoms with van der Waals surface area (Å²) < 4.78 is 20.8. The Kier molecular flexibility index (Phi) is 4.03. The molecule has 0 saturated heterocycles. The molecular formula is C17H16O8. The van der Waals surface area contributed by atoms with Crippen molar-refractivity contribution in [2.45, 2.75) is 26.1 Å². The second kappa shape index (κ2) is 6.04.